The molecule has 2 unspecified atom stereocenters. The number of halogens is 1. The van der Waals surface area contributed by atoms with Crippen molar-refractivity contribution in [2.24, 2.45) is 17.3 Å². The van der Waals surface area contributed by atoms with E-state index >= 15 is 0 Å². The summed E-state index contributed by atoms with van der Waals surface area (Å²) in [5.74, 6) is 4.04. The molecule has 4 fully saturated rings. The van der Waals surface area contributed by atoms with Gasteiger partial charge in [0.05, 0.1) is 12.1 Å². The minimum atomic E-state index is 0.288. The molecule has 0 spiro atoms. The van der Waals surface area contributed by atoms with E-state index in [9.17, 15) is 0 Å². The van der Waals surface area contributed by atoms with Crippen LogP contribution in [0.1, 0.15) is 57.1 Å². The lowest BCUT2D eigenvalue weighted by Gasteiger charge is -2.60. The molecule has 0 amide bonds. The SMILES string of the molecule is CC12CC3CC(C1)CC(c1cnc(CCl)o1)(C3)C2. The second kappa shape index (κ2) is 3.53. The number of nitrogens with zero attached hydrogens (tertiary/aromatic N) is 1. The topological polar surface area (TPSA) is 26.0 Å². The van der Waals surface area contributed by atoms with Crippen LogP contribution >= 0.6 is 11.6 Å². The Kier molecular flexibility index (Phi) is 2.22. The van der Waals surface area contributed by atoms with Gasteiger partial charge in [0, 0.05) is 5.41 Å². The first-order valence-corrected chi connectivity index (χ1v) is 7.65. The van der Waals surface area contributed by atoms with Gasteiger partial charge in [-0.2, -0.15) is 0 Å². The predicted octanol–water partition coefficient (Wildman–Crippen LogP) is 4.27. The maximum absolute atomic E-state index is 5.92. The molecule has 2 atom stereocenters. The van der Waals surface area contributed by atoms with Crippen LogP contribution < -0.4 is 0 Å². The predicted molar refractivity (Wildman–Crippen MR) is 70.5 cm³/mol. The van der Waals surface area contributed by atoms with Crippen LogP contribution in [0.2, 0.25) is 0 Å². The number of hydrogen-bond acceptors (Lipinski definition) is 2. The third-order valence-electron chi connectivity index (χ3n) is 5.54. The Bertz CT molecular complexity index is 467. The fourth-order valence-corrected chi connectivity index (χ4v) is 5.75. The summed E-state index contributed by atoms with van der Waals surface area (Å²) in [5, 5.41) is 0. The monoisotopic (exact) mass is 265 g/mol. The van der Waals surface area contributed by atoms with Crippen molar-refractivity contribution in [1.82, 2.24) is 4.98 Å². The van der Waals surface area contributed by atoms with Gasteiger partial charge in [-0.15, -0.1) is 11.6 Å². The summed E-state index contributed by atoms with van der Waals surface area (Å²) in [6, 6.07) is 0. The molecule has 98 valence electrons. The smallest absolute Gasteiger partial charge is 0.209 e. The Hall–Kier alpha value is -0.500. The van der Waals surface area contributed by atoms with Crippen LogP contribution in [0.15, 0.2) is 10.6 Å². The van der Waals surface area contributed by atoms with E-state index in [2.05, 4.69) is 11.9 Å². The van der Waals surface area contributed by atoms with E-state index in [0.717, 1.165) is 17.6 Å². The number of hydrogen-bond donors (Lipinski definition) is 0. The maximum atomic E-state index is 5.92. The van der Waals surface area contributed by atoms with E-state index in [-0.39, 0.29) is 5.41 Å². The van der Waals surface area contributed by atoms with Crippen molar-refractivity contribution in [2.75, 3.05) is 0 Å². The van der Waals surface area contributed by atoms with Gasteiger partial charge in [-0.1, -0.05) is 6.92 Å². The molecule has 18 heavy (non-hydrogen) atoms. The molecule has 1 aromatic heterocycles. The van der Waals surface area contributed by atoms with E-state index in [1.165, 1.54) is 38.5 Å². The first-order chi connectivity index (χ1) is 8.61. The summed E-state index contributed by atoms with van der Waals surface area (Å²) >= 11 is 5.82. The third-order valence-corrected chi connectivity index (χ3v) is 5.77. The molecule has 0 aliphatic heterocycles. The van der Waals surface area contributed by atoms with Crippen molar-refractivity contribution in [3.63, 3.8) is 0 Å². The van der Waals surface area contributed by atoms with Gasteiger partial charge < -0.3 is 4.42 Å². The molecule has 1 aromatic rings. The van der Waals surface area contributed by atoms with E-state index in [4.69, 9.17) is 16.0 Å². The standard InChI is InChI=1S/C15H20ClNO/c1-14-3-10-2-11(4-14)6-15(5-10,9-14)12-8-17-13(7-16)18-12/h8,10-11H,2-7,9H2,1H3. The molecule has 4 saturated carbocycles. The van der Waals surface area contributed by atoms with Gasteiger partial charge in [0.1, 0.15) is 5.76 Å². The Labute approximate surface area is 113 Å². The number of aromatic nitrogens is 1. The number of oxazole rings is 1. The Morgan fingerprint density at radius 1 is 1.33 bits per heavy atom. The molecule has 3 heteroatoms. The highest BCUT2D eigenvalue weighted by atomic mass is 35.5. The zero-order chi connectivity index (χ0) is 12.4. The van der Waals surface area contributed by atoms with Crippen LogP contribution in [0, 0.1) is 17.3 Å². The zero-order valence-electron chi connectivity index (χ0n) is 10.9. The Morgan fingerprint density at radius 2 is 2.06 bits per heavy atom. The van der Waals surface area contributed by atoms with Gasteiger partial charge in [0.15, 0.2) is 0 Å². The summed E-state index contributed by atoms with van der Waals surface area (Å²) in [7, 11) is 0. The van der Waals surface area contributed by atoms with Crippen LogP contribution in [-0.2, 0) is 11.3 Å². The lowest BCUT2D eigenvalue weighted by molar-refractivity contribution is -0.0691. The van der Waals surface area contributed by atoms with Gasteiger partial charge in [-0.3, -0.25) is 0 Å². The van der Waals surface area contributed by atoms with Crippen molar-refractivity contribution in [3.8, 4) is 0 Å². The average Bonchev–Trinajstić information content (AvgIpc) is 2.74. The molecular weight excluding hydrogens is 246 g/mol. The highest BCUT2D eigenvalue weighted by Crippen LogP contribution is 2.65. The van der Waals surface area contributed by atoms with Crippen LogP contribution in [0.3, 0.4) is 0 Å². The quantitative estimate of drug-likeness (QED) is 0.747. The highest BCUT2D eigenvalue weighted by Gasteiger charge is 2.57. The second-order valence-electron chi connectivity index (χ2n) is 7.30. The van der Waals surface area contributed by atoms with Crippen LogP contribution in [0.5, 0.6) is 0 Å². The van der Waals surface area contributed by atoms with E-state index < -0.39 is 0 Å². The van der Waals surface area contributed by atoms with Crippen molar-refractivity contribution < 1.29 is 4.42 Å². The molecule has 4 aliphatic carbocycles. The largest absolute Gasteiger partial charge is 0.444 e. The molecule has 4 bridgehead atoms. The van der Waals surface area contributed by atoms with Crippen molar-refractivity contribution in [1.29, 1.82) is 0 Å². The maximum Gasteiger partial charge on any atom is 0.209 e. The number of alkyl halides is 1. The van der Waals surface area contributed by atoms with E-state index in [0.29, 0.717) is 17.2 Å². The Balaban J connectivity index is 1.74. The molecule has 0 aromatic carbocycles. The van der Waals surface area contributed by atoms with Crippen molar-refractivity contribution >= 4 is 11.6 Å². The van der Waals surface area contributed by atoms with Gasteiger partial charge in [0.25, 0.3) is 0 Å². The van der Waals surface area contributed by atoms with Crippen molar-refractivity contribution in [2.45, 2.75) is 56.7 Å². The summed E-state index contributed by atoms with van der Waals surface area (Å²) in [5.41, 5.74) is 0.841. The van der Waals surface area contributed by atoms with Crippen LogP contribution in [0.25, 0.3) is 0 Å². The van der Waals surface area contributed by atoms with Gasteiger partial charge >= 0.3 is 0 Å². The fraction of sp³-hybridized carbons (Fsp3) is 0.800. The highest BCUT2D eigenvalue weighted by molar-refractivity contribution is 6.16. The fourth-order valence-electron chi connectivity index (χ4n) is 5.63. The Morgan fingerprint density at radius 3 is 2.61 bits per heavy atom. The number of rotatable bonds is 2. The molecular formula is C15H20ClNO. The molecule has 2 nitrogen and oxygen atoms in total. The molecule has 4 aliphatic rings. The zero-order valence-corrected chi connectivity index (χ0v) is 11.7. The summed E-state index contributed by atoms with van der Waals surface area (Å²) < 4.78 is 5.92. The molecule has 0 saturated heterocycles. The first-order valence-electron chi connectivity index (χ1n) is 7.12. The van der Waals surface area contributed by atoms with E-state index in [1.807, 2.05) is 6.20 Å². The van der Waals surface area contributed by atoms with Crippen LogP contribution in [0.4, 0.5) is 0 Å². The lowest BCUT2D eigenvalue weighted by Crippen LogP contribution is -2.52. The van der Waals surface area contributed by atoms with Gasteiger partial charge in [-0.25, -0.2) is 4.98 Å². The first kappa shape index (κ1) is 11.3. The minimum Gasteiger partial charge on any atom is -0.444 e. The summed E-state index contributed by atoms with van der Waals surface area (Å²) in [6.07, 6.45) is 10.2. The third kappa shape index (κ3) is 1.51. The molecule has 5 rings (SSSR count). The van der Waals surface area contributed by atoms with Crippen LogP contribution in [-0.4, -0.2) is 4.98 Å². The molecule has 0 N–H and O–H groups in total. The summed E-state index contributed by atoms with van der Waals surface area (Å²) in [4.78, 5) is 4.32. The normalized spacial score (nSPS) is 45.7. The van der Waals surface area contributed by atoms with E-state index in [1.54, 1.807) is 0 Å². The average molecular weight is 266 g/mol. The lowest BCUT2D eigenvalue weighted by atomic mass is 9.44. The second-order valence-corrected chi connectivity index (χ2v) is 7.57. The molecule has 0 radical (unpaired) electrons. The molecule has 1 heterocycles. The van der Waals surface area contributed by atoms with Gasteiger partial charge in [-0.05, 0) is 55.8 Å². The minimum absolute atomic E-state index is 0.288. The van der Waals surface area contributed by atoms with Gasteiger partial charge in [0.2, 0.25) is 5.89 Å². The van der Waals surface area contributed by atoms with Crippen molar-refractivity contribution in [3.05, 3.63) is 17.8 Å². The summed E-state index contributed by atoms with van der Waals surface area (Å²) in [6.45, 7) is 2.48.